The molecule has 114 valence electrons. The van der Waals surface area contributed by atoms with Crippen molar-refractivity contribution in [1.29, 1.82) is 0 Å². The zero-order valence-electron chi connectivity index (χ0n) is 12.7. The normalized spacial score (nSPS) is 10.3. The number of amides is 1. The Morgan fingerprint density at radius 3 is 2.61 bits per heavy atom. The van der Waals surface area contributed by atoms with E-state index >= 15 is 0 Å². The van der Waals surface area contributed by atoms with Crippen molar-refractivity contribution in [3.63, 3.8) is 0 Å². The van der Waals surface area contributed by atoms with E-state index in [1.165, 1.54) is 0 Å². The summed E-state index contributed by atoms with van der Waals surface area (Å²) in [5.74, 6) is 0.353. The number of carbonyl (C=O) groups excluding carboxylic acids is 1. The van der Waals surface area contributed by atoms with Crippen molar-refractivity contribution in [2.75, 3.05) is 11.9 Å². The number of para-hydroxylation sites is 1. The van der Waals surface area contributed by atoms with E-state index in [2.05, 4.69) is 11.9 Å². The number of hydrogen-bond donors (Lipinski definition) is 1. The maximum absolute atomic E-state index is 12.6. The van der Waals surface area contributed by atoms with Crippen molar-refractivity contribution in [3.8, 4) is 5.75 Å². The molecule has 3 aromatic rings. The molecule has 0 aliphatic heterocycles. The Morgan fingerprint density at radius 1 is 1.00 bits per heavy atom. The molecular weight excluding hydrogens is 286 g/mol. The molecular formula is C20H17NO2. The van der Waals surface area contributed by atoms with Crippen LogP contribution in [0, 0.1) is 0 Å². The van der Waals surface area contributed by atoms with Crippen LogP contribution in [0.1, 0.15) is 10.4 Å². The highest BCUT2D eigenvalue weighted by Gasteiger charge is 2.13. The molecule has 0 heterocycles. The highest BCUT2D eigenvalue weighted by Crippen LogP contribution is 2.25. The molecule has 3 heteroatoms. The fourth-order valence-electron chi connectivity index (χ4n) is 2.45. The summed E-state index contributed by atoms with van der Waals surface area (Å²) in [7, 11) is 0. The average molecular weight is 303 g/mol. The lowest BCUT2D eigenvalue weighted by Gasteiger charge is -2.12. The minimum absolute atomic E-state index is 0.194. The van der Waals surface area contributed by atoms with Crippen LogP contribution in [0.25, 0.3) is 10.8 Å². The highest BCUT2D eigenvalue weighted by molar-refractivity contribution is 6.10. The maximum atomic E-state index is 12.6. The van der Waals surface area contributed by atoms with Gasteiger partial charge in [0.15, 0.2) is 0 Å². The Hall–Kier alpha value is -3.07. The van der Waals surface area contributed by atoms with Gasteiger partial charge in [0.05, 0.1) is 5.56 Å². The number of hydrogen-bond acceptors (Lipinski definition) is 2. The quantitative estimate of drug-likeness (QED) is 0.696. The minimum Gasteiger partial charge on any atom is -0.489 e. The molecule has 3 rings (SSSR count). The van der Waals surface area contributed by atoms with E-state index in [9.17, 15) is 4.79 Å². The Kier molecular flexibility index (Phi) is 4.39. The van der Waals surface area contributed by atoms with Crippen molar-refractivity contribution < 1.29 is 9.53 Å². The van der Waals surface area contributed by atoms with Crippen LogP contribution in [0.4, 0.5) is 5.69 Å². The van der Waals surface area contributed by atoms with Crippen molar-refractivity contribution in [2.45, 2.75) is 0 Å². The van der Waals surface area contributed by atoms with Gasteiger partial charge in [0.1, 0.15) is 12.4 Å². The summed E-state index contributed by atoms with van der Waals surface area (Å²) in [6.45, 7) is 3.99. The summed E-state index contributed by atoms with van der Waals surface area (Å²) in [6, 6.07) is 21.0. The van der Waals surface area contributed by atoms with Crippen molar-refractivity contribution in [2.24, 2.45) is 0 Å². The van der Waals surface area contributed by atoms with Gasteiger partial charge in [-0.05, 0) is 23.6 Å². The fraction of sp³-hybridized carbons (Fsp3) is 0.0500. The number of rotatable bonds is 5. The van der Waals surface area contributed by atoms with Crippen LogP contribution in [-0.4, -0.2) is 12.5 Å². The van der Waals surface area contributed by atoms with Crippen molar-refractivity contribution >= 4 is 22.4 Å². The highest BCUT2D eigenvalue weighted by atomic mass is 16.5. The van der Waals surface area contributed by atoms with Gasteiger partial charge in [0.2, 0.25) is 0 Å². The molecule has 0 aliphatic carbocycles. The molecule has 1 N–H and O–H groups in total. The molecule has 0 bridgehead atoms. The molecule has 3 nitrogen and oxygen atoms in total. The van der Waals surface area contributed by atoms with Crippen molar-refractivity contribution in [1.82, 2.24) is 0 Å². The Morgan fingerprint density at radius 2 is 1.74 bits per heavy atom. The third kappa shape index (κ3) is 3.24. The van der Waals surface area contributed by atoms with E-state index in [-0.39, 0.29) is 5.91 Å². The summed E-state index contributed by atoms with van der Waals surface area (Å²) >= 11 is 0. The number of anilines is 1. The topological polar surface area (TPSA) is 38.3 Å². The van der Waals surface area contributed by atoms with E-state index in [0.717, 1.165) is 16.5 Å². The van der Waals surface area contributed by atoms with Crippen LogP contribution in [0.3, 0.4) is 0 Å². The van der Waals surface area contributed by atoms with E-state index in [1.807, 2.05) is 54.6 Å². The lowest BCUT2D eigenvalue weighted by atomic mass is 10.1. The third-order valence-corrected chi connectivity index (χ3v) is 3.53. The zero-order valence-corrected chi connectivity index (χ0v) is 12.7. The first kappa shape index (κ1) is 14.9. The first-order valence-corrected chi connectivity index (χ1v) is 7.41. The van der Waals surface area contributed by atoms with Gasteiger partial charge >= 0.3 is 0 Å². The first-order chi connectivity index (χ1) is 11.3. The fourth-order valence-corrected chi connectivity index (χ4v) is 2.45. The standard InChI is InChI=1S/C20H17NO2/c1-2-14-23-19-13-6-5-11-17(19)20(22)21-18-12-7-9-15-8-3-4-10-16(15)18/h2-13H,1,14H2,(H,21,22). The molecule has 23 heavy (non-hydrogen) atoms. The van der Waals surface area contributed by atoms with Crippen LogP contribution in [0.2, 0.25) is 0 Å². The minimum atomic E-state index is -0.194. The molecule has 3 aromatic carbocycles. The SMILES string of the molecule is C=CCOc1ccccc1C(=O)Nc1cccc2ccccc12. The lowest BCUT2D eigenvalue weighted by molar-refractivity contribution is 0.102. The van der Waals surface area contributed by atoms with Gasteiger partial charge < -0.3 is 10.1 Å². The lowest BCUT2D eigenvalue weighted by Crippen LogP contribution is -2.14. The molecule has 1 amide bonds. The number of benzene rings is 3. The van der Waals surface area contributed by atoms with Gasteiger partial charge in [-0.3, -0.25) is 4.79 Å². The molecule has 0 aliphatic rings. The van der Waals surface area contributed by atoms with Crippen LogP contribution in [0.5, 0.6) is 5.75 Å². The maximum Gasteiger partial charge on any atom is 0.259 e. The molecule has 0 radical (unpaired) electrons. The van der Waals surface area contributed by atoms with Gasteiger partial charge in [-0.1, -0.05) is 61.2 Å². The van der Waals surface area contributed by atoms with Crippen LogP contribution in [-0.2, 0) is 0 Å². The van der Waals surface area contributed by atoms with Crippen LogP contribution in [0.15, 0.2) is 79.4 Å². The van der Waals surface area contributed by atoms with E-state index < -0.39 is 0 Å². The molecule has 0 saturated carbocycles. The van der Waals surface area contributed by atoms with E-state index in [1.54, 1.807) is 18.2 Å². The third-order valence-electron chi connectivity index (χ3n) is 3.53. The van der Waals surface area contributed by atoms with Gasteiger partial charge in [-0.2, -0.15) is 0 Å². The second kappa shape index (κ2) is 6.79. The number of nitrogens with one attached hydrogen (secondary N) is 1. The van der Waals surface area contributed by atoms with Gasteiger partial charge in [-0.15, -0.1) is 0 Å². The van der Waals surface area contributed by atoms with Crippen molar-refractivity contribution in [3.05, 3.63) is 84.9 Å². The van der Waals surface area contributed by atoms with Crippen LogP contribution >= 0.6 is 0 Å². The van der Waals surface area contributed by atoms with Gasteiger partial charge in [0.25, 0.3) is 5.91 Å². The average Bonchev–Trinajstić information content (AvgIpc) is 2.60. The molecule has 0 atom stereocenters. The van der Waals surface area contributed by atoms with E-state index in [4.69, 9.17) is 4.74 Å². The summed E-state index contributed by atoms with van der Waals surface area (Å²) < 4.78 is 5.55. The number of ether oxygens (including phenoxy) is 1. The smallest absolute Gasteiger partial charge is 0.259 e. The zero-order chi connectivity index (χ0) is 16.1. The Balaban J connectivity index is 1.91. The first-order valence-electron chi connectivity index (χ1n) is 7.41. The molecule has 0 spiro atoms. The summed E-state index contributed by atoms with van der Waals surface area (Å²) in [6.07, 6.45) is 1.65. The monoisotopic (exact) mass is 303 g/mol. The van der Waals surface area contributed by atoms with Gasteiger partial charge in [0, 0.05) is 11.1 Å². The predicted octanol–water partition coefficient (Wildman–Crippen LogP) is 4.66. The predicted molar refractivity (Wildman–Crippen MR) is 94.0 cm³/mol. The molecule has 0 unspecified atom stereocenters. The Labute approximate surface area is 135 Å². The molecule has 0 fully saturated rings. The second-order valence-corrected chi connectivity index (χ2v) is 5.08. The molecule has 0 saturated heterocycles. The summed E-state index contributed by atoms with van der Waals surface area (Å²) in [5.41, 5.74) is 1.29. The number of fused-ring (bicyclic) bond motifs is 1. The van der Waals surface area contributed by atoms with E-state index in [0.29, 0.717) is 17.9 Å². The van der Waals surface area contributed by atoms with Gasteiger partial charge in [-0.25, -0.2) is 0 Å². The largest absolute Gasteiger partial charge is 0.489 e. The summed E-state index contributed by atoms with van der Waals surface area (Å²) in [5, 5.41) is 5.07. The van der Waals surface area contributed by atoms with Crippen LogP contribution < -0.4 is 10.1 Å². The summed E-state index contributed by atoms with van der Waals surface area (Å²) in [4.78, 5) is 12.6. The second-order valence-electron chi connectivity index (χ2n) is 5.08. The Bertz CT molecular complexity index is 850. The number of carbonyl (C=O) groups is 1. The molecule has 0 aromatic heterocycles.